The van der Waals surface area contributed by atoms with Gasteiger partial charge in [-0.2, -0.15) is 0 Å². The number of hydrogen-bond acceptors (Lipinski definition) is 3. The second kappa shape index (κ2) is 6.40. The summed E-state index contributed by atoms with van der Waals surface area (Å²) in [5.41, 5.74) is 0. The first-order chi connectivity index (χ1) is 8.86. The quantitative estimate of drug-likeness (QED) is 0.663. The number of urea groups is 1. The van der Waals surface area contributed by atoms with Crippen molar-refractivity contribution in [3.05, 3.63) is 0 Å². The lowest BCUT2D eigenvalue weighted by molar-refractivity contribution is -0.142. The highest BCUT2D eigenvalue weighted by atomic mass is 16.4. The largest absolute Gasteiger partial charge is 0.481 e. The van der Waals surface area contributed by atoms with E-state index in [1.54, 1.807) is 20.8 Å². The molecular weight excluding hydrogens is 250 g/mol. The van der Waals surface area contributed by atoms with Crippen LogP contribution in [0.3, 0.4) is 0 Å². The first kappa shape index (κ1) is 15.3. The minimum Gasteiger partial charge on any atom is -0.481 e. The molecule has 1 fully saturated rings. The molecule has 108 valence electrons. The molecule has 0 aromatic carbocycles. The van der Waals surface area contributed by atoms with E-state index in [4.69, 9.17) is 5.11 Å². The van der Waals surface area contributed by atoms with Crippen LogP contribution in [0.1, 0.15) is 20.8 Å². The van der Waals surface area contributed by atoms with Gasteiger partial charge < -0.3 is 20.6 Å². The molecule has 1 aliphatic heterocycles. The molecule has 3 atom stereocenters. The Labute approximate surface area is 112 Å². The Hall–Kier alpha value is -1.79. The molecule has 7 nitrogen and oxygen atoms in total. The van der Waals surface area contributed by atoms with Gasteiger partial charge in [0.05, 0.1) is 5.92 Å². The molecule has 0 saturated carbocycles. The fraction of sp³-hybridized carbons (Fsp3) is 0.750. The van der Waals surface area contributed by atoms with E-state index >= 15 is 0 Å². The van der Waals surface area contributed by atoms with Gasteiger partial charge in [-0.05, 0) is 19.8 Å². The number of hydrogen-bond donors (Lipinski definition) is 3. The van der Waals surface area contributed by atoms with Gasteiger partial charge in [0.1, 0.15) is 6.04 Å². The van der Waals surface area contributed by atoms with Gasteiger partial charge in [-0.15, -0.1) is 0 Å². The molecule has 0 radical (unpaired) electrons. The molecule has 1 saturated heterocycles. The highest BCUT2D eigenvalue weighted by Gasteiger charge is 2.37. The smallest absolute Gasteiger partial charge is 0.318 e. The van der Waals surface area contributed by atoms with Crippen molar-refractivity contribution in [1.82, 2.24) is 15.5 Å². The van der Waals surface area contributed by atoms with E-state index in [9.17, 15) is 14.4 Å². The lowest BCUT2D eigenvalue weighted by atomic mass is 9.99. The Morgan fingerprint density at radius 3 is 2.47 bits per heavy atom. The van der Waals surface area contributed by atoms with Gasteiger partial charge in [-0.3, -0.25) is 9.59 Å². The summed E-state index contributed by atoms with van der Waals surface area (Å²) < 4.78 is 0. The summed E-state index contributed by atoms with van der Waals surface area (Å²) in [5, 5.41) is 14.2. The maximum atomic E-state index is 11.9. The molecular formula is C12H21N3O4. The number of rotatable bonds is 4. The fourth-order valence-electron chi connectivity index (χ4n) is 2.12. The van der Waals surface area contributed by atoms with E-state index in [1.807, 2.05) is 0 Å². The summed E-state index contributed by atoms with van der Waals surface area (Å²) >= 11 is 0. The van der Waals surface area contributed by atoms with E-state index in [0.717, 1.165) is 0 Å². The minimum absolute atomic E-state index is 0.0805. The van der Waals surface area contributed by atoms with Gasteiger partial charge in [0.2, 0.25) is 5.91 Å². The predicted octanol–water partition coefficient (Wildman–Crippen LogP) is -0.127. The Morgan fingerprint density at radius 2 is 2.00 bits per heavy atom. The summed E-state index contributed by atoms with van der Waals surface area (Å²) in [6.07, 6.45) is 0. The zero-order valence-electron chi connectivity index (χ0n) is 11.5. The van der Waals surface area contributed by atoms with Crippen molar-refractivity contribution in [3.8, 4) is 0 Å². The zero-order chi connectivity index (χ0) is 14.6. The number of amides is 3. The van der Waals surface area contributed by atoms with Crippen molar-refractivity contribution < 1.29 is 19.5 Å². The van der Waals surface area contributed by atoms with Crippen LogP contribution in [0, 0.1) is 11.8 Å². The first-order valence-corrected chi connectivity index (χ1v) is 6.42. The van der Waals surface area contributed by atoms with Crippen LogP contribution in [0.25, 0.3) is 0 Å². The molecule has 0 spiro atoms. The predicted molar refractivity (Wildman–Crippen MR) is 68.5 cm³/mol. The Morgan fingerprint density at radius 1 is 1.37 bits per heavy atom. The fourth-order valence-corrected chi connectivity index (χ4v) is 2.12. The van der Waals surface area contributed by atoms with E-state index < -0.39 is 24.0 Å². The molecule has 1 unspecified atom stereocenters. The van der Waals surface area contributed by atoms with Crippen molar-refractivity contribution in [2.24, 2.45) is 11.8 Å². The van der Waals surface area contributed by atoms with Gasteiger partial charge >= 0.3 is 12.0 Å². The third-order valence-electron chi connectivity index (χ3n) is 3.30. The SMILES string of the molecule is CCNC(=O)C(C)NC(=O)N1C[C@@H](C)[C@H](C(=O)O)C1. The van der Waals surface area contributed by atoms with Crippen LogP contribution in [-0.4, -0.2) is 53.6 Å². The number of likely N-dealkylation sites (N-methyl/N-ethyl adjacent to an activating group) is 1. The van der Waals surface area contributed by atoms with Crippen LogP contribution in [0.2, 0.25) is 0 Å². The van der Waals surface area contributed by atoms with Crippen LogP contribution in [0.15, 0.2) is 0 Å². The van der Waals surface area contributed by atoms with E-state index in [1.165, 1.54) is 4.90 Å². The maximum Gasteiger partial charge on any atom is 0.318 e. The van der Waals surface area contributed by atoms with Gasteiger partial charge in [0.15, 0.2) is 0 Å². The number of nitrogens with zero attached hydrogens (tertiary/aromatic N) is 1. The van der Waals surface area contributed by atoms with Crippen LogP contribution >= 0.6 is 0 Å². The third-order valence-corrected chi connectivity index (χ3v) is 3.30. The Bertz CT molecular complexity index is 372. The number of carbonyl (C=O) groups excluding carboxylic acids is 2. The highest BCUT2D eigenvalue weighted by molar-refractivity contribution is 5.87. The Kier molecular flexibility index (Phi) is 5.14. The summed E-state index contributed by atoms with van der Waals surface area (Å²) in [7, 11) is 0. The summed E-state index contributed by atoms with van der Waals surface area (Å²) in [5.74, 6) is -1.76. The van der Waals surface area contributed by atoms with Crippen molar-refractivity contribution >= 4 is 17.9 Å². The lowest BCUT2D eigenvalue weighted by Crippen LogP contribution is -2.49. The highest BCUT2D eigenvalue weighted by Crippen LogP contribution is 2.22. The Balaban J connectivity index is 2.51. The lowest BCUT2D eigenvalue weighted by Gasteiger charge is -2.20. The van der Waals surface area contributed by atoms with Gasteiger partial charge in [0.25, 0.3) is 0 Å². The standard InChI is InChI=1S/C12H21N3O4/c1-4-13-10(16)8(3)14-12(19)15-5-7(2)9(6-15)11(17)18/h7-9H,4-6H2,1-3H3,(H,13,16)(H,14,19)(H,17,18)/t7-,8?,9-/m1/s1. The zero-order valence-corrected chi connectivity index (χ0v) is 11.5. The van der Waals surface area contributed by atoms with Crippen molar-refractivity contribution in [2.45, 2.75) is 26.8 Å². The van der Waals surface area contributed by atoms with Crippen LogP contribution in [-0.2, 0) is 9.59 Å². The molecule has 0 aliphatic carbocycles. The van der Waals surface area contributed by atoms with Crippen LogP contribution in [0.5, 0.6) is 0 Å². The number of carboxylic acids is 1. The maximum absolute atomic E-state index is 11.9. The van der Waals surface area contributed by atoms with E-state index in [-0.39, 0.29) is 18.4 Å². The molecule has 1 heterocycles. The number of carbonyl (C=O) groups is 3. The van der Waals surface area contributed by atoms with Crippen LogP contribution < -0.4 is 10.6 Å². The third kappa shape index (κ3) is 3.84. The molecule has 1 rings (SSSR count). The van der Waals surface area contributed by atoms with Crippen molar-refractivity contribution in [3.63, 3.8) is 0 Å². The topological polar surface area (TPSA) is 98.7 Å². The number of aliphatic carboxylic acids is 1. The average Bonchev–Trinajstić information content (AvgIpc) is 2.71. The van der Waals surface area contributed by atoms with E-state index in [0.29, 0.717) is 13.1 Å². The van der Waals surface area contributed by atoms with Gasteiger partial charge in [0, 0.05) is 19.6 Å². The monoisotopic (exact) mass is 271 g/mol. The first-order valence-electron chi connectivity index (χ1n) is 6.42. The van der Waals surface area contributed by atoms with Gasteiger partial charge in [-0.1, -0.05) is 6.92 Å². The number of nitrogens with one attached hydrogen (secondary N) is 2. The molecule has 3 amide bonds. The number of carboxylic acid groups (broad SMARTS) is 1. The van der Waals surface area contributed by atoms with E-state index in [2.05, 4.69) is 10.6 Å². The van der Waals surface area contributed by atoms with Crippen LogP contribution in [0.4, 0.5) is 4.79 Å². The van der Waals surface area contributed by atoms with Crippen molar-refractivity contribution in [1.29, 1.82) is 0 Å². The number of likely N-dealkylation sites (tertiary alicyclic amines) is 1. The average molecular weight is 271 g/mol. The second-order valence-corrected chi connectivity index (χ2v) is 4.89. The molecule has 19 heavy (non-hydrogen) atoms. The molecule has 1 aliphatic rings. The van der Waals surface area contributed by atoms with Crippen molar-refractivity contribution in [2.75, 3.05) is 19.6 Å². The summed E-state index contributed by atoms with van der Waals surface area (Å²) in [6, 6.07) is -1.03. The normalized spacial score (nSPS) is 23.8. The molecule has 7 heteroatoms. The molecule has 0 bridgehead atoms. The molecule has 0 aromatic heterocycles. The minimum atomic E-state index is -0.889. The summed E-state index contributed by atoms with van der Waals surface area (Å²) in [6.45, 7) is 6.28. The second-order valence-electron chi connectivity index (χ2n) is 4.89. The molecule has 3 N–H and O–H groups in total. The van der Waals surface area contributed by atoms with Gasteiger partial charge in [-0.25, -0.2) is 4.79 Å². The molecule has 0 aromatic rings. The summed E-state index contributed by atoms with van der Waals surface area (Å²) in [4.78, 5) is 35.8.